The molecule has 1 aromatic rings. The van der Waals surface area contributed by atoms with Crippen LogP contribution in [0.5, 0.6) is 0 Å². The summed E-state index contributed by atoms with van der Waals surface area (Å²) in [6.45, 7) is 5.27. The van der Waals surface area contributed by atoms with E-state index in [2.05, 4.69) is 24.1 Å². The monoisotopic (exact) mass is 262 g/mol. The average molecular weight is 262 g/mol. The van der Waals surface area contributed by atoms with E-state index >= 15 is 0 Å². The number of carbonyl (C=O) groups is 1. The van der Waals surface area contributed by atoms with Crippen molar-refractivity contribution < 1.29 is 9.90 Å². The molecule has 19 heavy (non-hydrogen) atoms. The van der Waals surface area contributed by atoms with E-state index in [0.717, 1.165) is 17.5 Å². The van der Waals surface area contributed by atoms with Crippen molar-refractivity contribution in [3.8, 4) is 0 Å². The highest BCUT2D eigenvalue weighted by atomic mass is 16.4. The predicted molar refractivity (Wildman–Crippen MR) is 74.0 cm³/mol. The minimum absolute atomic E-state index is 0.116. The van der Waals surface area contributed by atoms with E-state index in [4.69, 9.17) is 5.11 Å². The van der Waals surface area contributed by atoms with E-state index < -0.39 is 5.97 Å². The van der Waals surface area contributed by atoms with Gasteiger partial charge in [0.1, 0.15) is 5.69 Å². The highest BCUT2D eigenvalue weighted by molar-refractivity contribution is 5.85. The van der Waals surface area contributed by atoms with Crippen LogP contribution in [0.15, 0.2) is 18.2 Å². The number of aromatic nitrogens is 1. The summed E-state index contributed by atoms with van der Waals surface area (Å²) in [5.74, 6) is 0.595. The van der Waals surface area contributed by atoms with E-state index in [-0.39, 0.29) is 5.69 Å². The van der Waals surface area contributed by atoms with E-state index in [9.17, 15) is 4.79 Å². The number of carboxylic acids is 1. The number of pyridine rings is 1. The largest absolute Gasteiger partial charge is 0.477 e. The summed E-state index contributed by atoms with van der Waals surface area (Å²) in [6.07, 6.45) is 3.66. The number of nitrogens with zero attached hydrogens (tertiary/aromatic N) is 1. The Balaban J connectivity index is 1.88. The van der Waals surface area contributed by atoms with Gasteiger partial charge in [-0.1, -0.05) is 19.9 Å². The van der Waals surface area contributed by atoms with Gasteiger partial charge in [-0.25, -0.2) is 9.78 Å². The molecule has 0 aliphatic heterocycles. The van der Waals surface area contributed by atoms with Crippen LogP contribution in [0.25, 0.3) is 0 Å². The smallest absolute Gasteiger partial charge is 0.354 e. The average Bonchev–Trinajstić information content (AvgIpc) is 2.40. The number of nitrogens with one attached hydrogen (secondary N) is 1. The Morgan fingerprint density at radius 2 is 2.16 bits per heavy atom. The lowest BCUT2D eigenvalue weighted by atomic mass is 9.79. The molecule has 1 aromatic heterocycles. The van der Waals surface area contributed by atoms with Gasteiger partial charge in [0, 0.05) is 12.6 Å². The maximum absolute atomic E-state index is 10.9. The van der Waals surface area contributed by atoms with E-state index in [1.165, 1.54) is 25.3 Å². The fraction of sp³-hybridized carbons (Fsp3) is 0.600. The zero-order chi connectivity index (χ0) is 13.8. The summed E-state index contributed by atoms with van der Waals surface area (Å²) in [7, 11) is 0. The molecule has 0 amide bonds. The first-order valence-corrected chi connectivity index (χ1v) is 6.99. The first-order valence-electron chi connectivity index (χ1n) is 6.99. The number of carboxylic acid groups (broad SMARTS) is 1. The molecule has 0 spiro atoms. The Morgan fingerprint density at radius 3 is 2.84 bits per heavy atom. The van der Waals surface area contributed by atoms with Crippen molar-refractivity contribution in [1.82, 2.24) is 10.3 Å². The second-order valence-corrected chi connectivity index (χ2v) is 5.66. The van der Waals surface area contributed by atoms with Crippen molar-refractivity contribution in [2.45, 2.75) is 45.7 Å². The van der Waals surface area contributed by atoms with Crippen LogP contribution in [0, 0.1) is 11.8 Å². The molecule has 0 bridgehead atoms. The van der Waals surface area contributed by atoms with Crippen LogP contribution in [0.4, 0.5) is 0 Å². The van der Waals surface area contributed by atoms with Crippen molar-refractivity contribution in [2.75, 3.05) is 0 Å². The predicted octanol–water partition coefficient (Wildman–Crippen LogP) is 2.69. The van der Waals surface area contributed by atoms with Gasteiger partial charge in [-0.3, -0.25) is 0 Å². The fourth-order valence-electron chi connectivity index (χ4n) is 2.68. The fourth-order valence-corrected chi connectivity index (χ4v) is 2.68. The quantitative estimate of drug-likeness (QED) is 0.875. The minimum Gasteiger partial charge on any atom is -0.477 e. The van der Waals surface area contributed by atoms with E-state index in [0.29, 0.717) is 12.6 Å². The topological polar surface area (TPSA) is 62.2 Å². The van der Waals surface area contributed by atoms with Crippen LogP contribution in [0.3, 0.4) is 0 Å². The summed E-state index contributed by atoms with van der Waals surface area (Å²) in [5, 5.41) is 12.4. The standard InChI is InChI=1S/C15H22N2O2/c1-10-6-7-12(8-11(10)2)16-9-13-4-3-5-14(17-13)15(18)19/h3-5,10-12,16H,6-9H2,1-2H3,(H,18,19). The molecule has 2 rings (SSSR count). The van der Waals surface area contributed by atoms with Crippen LogP contribution in [-0.2, 0) is 6.54 Å². The second kappa shape index (κ2) is 6.15. The molecule has 1 aliphatic carbocycles. The minimum atomic E-state index is -0.970. The van der Waals surface area contributed by atoms with E-state index in [1.54, 1.807) is 6.07 Å². The molecule has 1 saturated carbocycles. The molecule has 1 fully saturated rings. The Labute approximate surface area is 114 Å². The zero-order valence-corrected chi connectivity index (χ0v) is 11.6. The van der Waals surface area contributed by atoms with Crippen molar-refractivity contribution in [3.63, 3.8) is 0 Å². The molecule has 2 N–H and O–H groups in total. The Kier molecular flexibility index (Phi) is 4.53. The Hall–Kier alpha value is -1.42. The van der Waals surface area contributed by atoms with Gasteiger partial charge in [0.15, 0.2) is 0 Å². The zero-order valence-electron chi connectivity index (χ0n) is 11.6. The molecular formula is C15H22N2O2. The van der Waals surface area contributed by atoms with Crippen molar-refractivity contribution in [2.24, 2.45) is 11.8 Å². The highest BCUT2D eigenvalue weighted by Gasteiger charge is 2.24. The summed E-state index contributed by atoms with van der Waals surface area (Å²) >= 11 is 0. The SMILES string of the molecule is CC1CCC(NCc2cccc(C(=O)O)n2)CC1C. The van der Waals surface area contributed by atoms with Gasteiger partial charge >= 0.3 is 5.97 Å². The molecule has 1 heterocycles. The molecule has 1 aliphatic rings. The van der Waals surface area contributed by atoms with Gasteiger partial charge in [-0.15, -0.1) is 0 Å². The summed E-state index contributed by atoms with van der Waals surface area (Å²) in [4.78, 5) is 15.0. The lowest BCUT2D eigenvalue weighted by Gasteiger charge is -2.32. The molecule has 0 radical (unpaired) electrons. The van der Waals surface area contributed by atoms with Gasteiger partial charge in [-0.2, -0.15) is 0 Å². The van der Waals surface area contributed by atoms with Gasteiger partial charge in [0.25, 0.3) is 0 Å². The van der Waals surface area contributed by atoms with Gasteiger partial charge < -0.3 is 10.4 Å². The van der Waals surface area contributed by atoms with Gasteiger partial charge in [0.2, 0.25) is 0 Å². The molecule has 104 valence electrons. The van der Waals surface area contributed by atoms with Crippen LogP contribution < -0.4 is 5.32 Å². The summed E-state index contributed by atoms with van der Waals surface area (Å²) in [5.41, 5.74) is 0.913. The molecular weight excluding hydrogens is 240 g/mol. The number of rotatable bonds is 4. The van der Waals surface area contributed by atoms with Crippen molar-refractivity contribution >= 4 is 5.97 Å². The summed E-state index contributed by atoms with van der Waals surface area (Å²) < 4.78 is 0. The molecule has 0 saturated heterocycles. The highest BCUT2D eigenvalue weighted by Crippen LogP contribution is 2.29. The normalized spacial score (nSPS) is 27.2. The lowest BCUT2D eigenvalue weighted by molar-refractivity contribution is 0.0690. The van der Waals surface area contributed by atoms with Crippen LogP contribution >= 0.6 is 0 Å². The Morgan fingerprint density at radius 1 is 1.37 bits per heavy atom. The van der Waals surface area contributed by atoms with Gasteiger partial charge in [0.05, 0.1) is 5.69 Å². The molecule has 3 atom stereocenters. The van der Waals surface area contributed by atoms with Crippen LogP contribution in [-0.4, -0.2) is 22.1 Å². The molecule has 3 unspecified atom stereocenters. The van der Waals surface area contributed by atoms with Gasteiger partial charge in [-0.05, 0) is 43.2 Å². The summed E-state index contributed by atoms with van der Waals surface area (Å²) in [6, 6.07) is 5.67. The third kappa shape index (κ3) is 3.77. The molecule has 4 nitrogen and oxygen atoms in total. The second-order valence-electron chi connectivity index (χ2n) is 5.66. The molecule has 4 heteroatoms. The lowest BCUT2D eigenvalue weighted by Crippen LogP contribution is -2.36. The van der Waals surface area contributed by atoms with Crippen LogP contribution in [0.2, 0.25) is 0 Å². The van der Waals surface area contributed by atoms with E-state index in [1.807, 2.05) is 6.07 Å². The third-order valence-corrected chi connectivity index (χ3v) is 4.20. The van der Waals surface area contributed by atoms with Crippen molar-refractivity contribution in [3.05, 3.63) is 29.6 Å². The maximum Gasteiger partial charge on any atom is 0.354 e. The number of hydrogen-bond acceptors (Lipinski definition) is 3. The molecule has 0 aromatic carbocycles. The number of hydrogen-bond donors (Lipinski definition) is 2. The Bertz CT molecular complexity index is 448. The maximum atomic E-state index is 10.9. The van der Waals surface area contributed by atoms with Crippen LogP contribution in [0.1, 0.15) is 49.3 Å². The first-order chi connectivity index (χ1) is 9.06. The third-order valence-electron chi connectivity index (χ3n) is 4.20. The van der Waals surface area contributed by atoms with Crippen molar-refractivity contribution in [1.29, 1.82) is 0 Å². The number of aromatic carboxylic acids is 1. The first kappa shape index (κ1) is 14.0.